The number of nitrogens with one attached hydrogen (secondary N) is 1. The normalized spacial score (nSPS) is 11.5. The number of halogens is 3. The minimum absolute atomic E-state index is 0.308. The second kappa shape index (κ2) is 6.13. The average Bonchev–Trinajstić information content (AvgIpc) is 2.09. The Bertz CT molecular complexity index is 186. The van der Waals surface area contributed by atoms with Gasteiger partial charge in [-0.15, -0.1) is 0 Å². The van der Waals surface area contributed by atoms with Gasteiger partial charge in [0.25, 0.3) is 0 Å². The van der Waals surface area contributed by atoms with Gasteiger partial charge < -0.3 is 10.2 Å². The summed E-state index contributed by atoms with van der Waals surface area (Å²) >= 11 is -0.308. The monoisotopic (exact) mass is 230 g/mol. The van der Waals surface area contributed by atoms with Crippen LogP contribution in [-0.2, 0) is 4.79 Å². The van der Waals surface area contributed by atoms with Crippen molar-refractivity contribution in [3.05, 3.63) is 0 Å². The molecule has 0 rings (SSSR count). The van der Waals surface area contributed by atoms with Crippen LogP contribution in [0.3, 0.4) is 0 Å². The van der Waals surface area contributed by atoms with E-state index < -0.39 is 17.2 Å². The molecule has 0 atom stereocenters. The number of alkyl halides is 3. The van der Waals surface area contributed by atoms with E-state index in [4.69, 9.17) is 0 Å². The number of nitrogens with zero attached hydrogens (tertiary/aromatic N) is 1. The fourth-order valence-electron chi connectivity index (χ4n) is 0.658. The predicted octanol–water partition coefficient (Wildman–Crippen LogP) is 0.917. The molecule has 0 bridgehead atoms. The molecule has 0 heterocycles. The lowest BCUT2D eigenvalue weighted by Gasteiger charge is -2.16. The van der Waals surface area contributed by atoms with Crippen LogP contribution in [-0.4, -0.2) is 49.3 Å². The van der Waals surface area contributed by atoms with Gasteiger partial charge in [-0.25, -0.2) is 0 Å². The first-order valence-corrected chi connectivity index (χ1v) is 4.94. The molecule has 0 aliphatic heterocycles. The number of thioether (sulfide) groups is 1. The molecule has 0 aliphatic carbocycles. The molecule has 0 aromatic carbocycles. The fourth-order valence-corrected chi connectivity index (χ4v) is 1.17. The lowest BCUT2D eigenvalue weighted by Crippen LogP contribution is -2.34. The van der Waals surface area contributed by atoms with Crippen LogP contribution in [0.25, 0.3) is 0 Å². The van der Waals surface area contributed by atoms with Crippen molar-refractivity contribution in [3.63, 3.8) is 0 Å². The molecule has 0 spiro atoms. The van der Waals surface area contributed by atoms with E-state index in [9.17, 15) is 18.0 Å². The molecule has 0 aromatic rings. The summed E-state index contributed by atoms with van der Waals surface area (Å²) < 4.78 is 35.1. The van der Waals surface area contributed by atoms with Crippen molar-refractivity contribution < 1.29 is 18.0 Å². The first-order valence-electron chi connectivity index (χ1n) is 3.96. The van der Waals surface area contributed by atoms with Crippen molar-refractivity contribution >= 4 is 17.7 Å². The van der Waals surface area contributed by atoms with Crippen LogP contribution < -0.4 is 5.32 Å². The van der Waals surface area contributed by atoms with Gasteiger partial charge in [-0.05, 0) is 18.8 Å². The molecule has 0 unspecified atom stereocenters. The van der Waals surface area contributed by atoms with Crippen LogP contribution in [0.4, 0.5) is 13.2 Å². The summed E-state index contributed by atoms with van der Waals surface area (Å²) in [6.45, 7) is 0.979. The van der Waals surface area contributed by atoms with Crippen LogP contribution in [0.2, 0.25) is 0 Å². The Morgan fingerprint density at radius 2 is 2.07 bits per heavy atom. The van der Waals surface area contributed by atoms with Crippen LogP contribution in [0.1, 0.15) is 0 Å². The zero-order chi connectivity index (χ0) is 11.2. The third-order valence-electron chi connectivity index (χ3n) is 1.48. The number of rotatable bonds is 5. The Kier molecular flexibility index (Phi) is 5.94. The summed E-state index contributed by atoms with van der Waals surface area (Å²) in [7, 11) is 3.19. The molecule has 3 nitrogen and oxygen atoms in total. The Morgan fingerprint density at radius 1 is 1.50 bits per heavy atom. The van der Waals surface area contributed by atoms with E-state index in [1.807, 2.05) is 0 Å². The SMILES string of the molecule is CNCCN(C)C(=O)CSC(F)(F)F. The standard InChI is InChI=1S/C7H13F3N2OS/c1-11-3-4-12(2)6(13)5-14-7(8,9)10/h11H,3-5H2,1-2H3. The topological polar surface area (TPSA) is 32.3 Å². The molecule has 0 radical (unpaired) electrons. The van der Waals surface area contributed by atoms with Crippen molar-refractivity contribution in [2.45, 2.75) is 5.51 Å². The largest absolute Gasteiger partial charge is 0.442 e. The molecular weight excluding hydrogens is 217 g/mol. The van der Waals surface area contributed by atoms with Gasteiger partial charge in [0.1, 0.15) is 0 Å². The Morgan fingerprint density at radius 3 is 2.50 bits per heavy atom. The quantitative estimate of drug-likeness (QED) is 0.762. The molecule has 0 aliphatic rings. The van der Waals surface area contributed by atoms with Crippen molar-refractivity contribution in [3.8, 4) is 0 Å². The van der Waals surface area contributed by atoms with Crippen LogP contribution in [0, 0.1) is 0 Å². The number of carbonyl (C=O) groups is 1. The minimum Gasteiger partial charge on any atom is -0.344 e. The fraction of sp³-hybridized carbons (Fsp3) is 0.857. The molecule has 1 N–H and O–H groups in total. The third kappa shape index (κ3) is 7.02. The van der Waals surface area contributed by atoms with Crippen molar-refractivity contribution in [2.24, 2.45) is 0 Å². The van der Waals surface area contributed by atoms with Gasteiger partial charge in [-0.2, -0.15) is 13.2 Å². The Labute approximate surface area is 85.0 Å². The summed E-state index contributed by atoms with van der Waals surface area (Å²) in [4.78, 5) is 12.3. The van der Waals surface area contributed by atoms with E-state index in [0.717, 1.165) is 0 Å². The molecular formula is C7H13F3N2OS. The third-order valence-corrected chi connectivity index (χ3v) is 2.20. The van der Waals surface area contributed by atoms with Crippen LogP contribution in [0.5, 0.6) is 0 Å². The molecule has 14 heavy (non-hydrogen) atoms. The van der Waals surface area contributed by atoms with E-state index in [1.165, 1.54) is 11.9 Å². The summed E-state index contributed by atoms with van der Waals surface area (Å²) in [5.74, 6) is -1.06. The maximum absolute atomic E-state index is 11.7. The first-order chi connectivity index (χ1) is 6.37. The van der Waals surface area contributed by atoms with Crippen LogP contribution >= 0.6 is 11.8 Å². The molecule has 1 amide bonds. The zero-order valence-corrected chi connectivity index (χ0v) is 8.84. The van der Waals surface area contributed by atoms with Gasteiger partial charge in [-0.3, -0.25) is 4.79 Å². The zero-order valence-electron chi connectivity index (χ0n) is 8.02. The second-order valence-corrected chi connectivity index (χ2v) is 3.69. The maximum Gasteiger partial charge on any atom is 0.442 e. The summed E-state index contributed by atoms with van der Waals surface area (Å²) in [5.41, 5.74) is -4.33. The van der Waals surface area contributed by atoms with Gasteiger partial charge in [-0.1, -0.05) is 0 Å². The van der Waals surface area contributed by atoms with Gasteiger partial charge in [0, 0.05) is 20.1 Å². The number of carbonyl (C=O) groups excluding carboxylic acids is 1. The highest BCUT2D eigenvalue weighted by atomic mass is 32.2. The number of amides is 1. The highest BCUT2D eigenvalue weighted by molar-refractivity contribution is 8.00. The number of likely N-dealkylation sites (N-methyl/N-ethyl adjacent to an activating group) is 2. The molecule has 0 fully saturated rings. The van der Waals surface area contributed by atoms with Crippen molar-refractivity contribution in [1.82, 2.24) is 10.2 Å². The maximum atomic E-state index is 11.7. The van der Waals surface area contributed by atoms with E-state index >= 15 is 0 Å². The molecule has 0 saturated carbocycles. The molecule has 84 valence electrons. The van der Waals surface area contributed by atoms with E-state index in [0.29, 0.717) is 13.1 Å². The van der Waals surface area contributed by atoms with Crippen LogP contribution in [0.15, 0.2) is 0 Å². The van der Waals surface area contributed by atoms with Crippen molar-refractivity contribution in [1.29, 1.82) is 0 Å². The van der Waals surface area contributed by atoms with E-state index in [-0.39, 0.29) is 11.8 Å². The predicted molar refractivity (Wildman–Crippen MR) is 50.1 cm³/mol. The molecule has 0 aromatic heterocycles. The molecule has 0 saturated heterocycles. The summed E-state index contributed by atoms with van der Waals surface area (Å²) in [5, 5.41) is 2.80. The van der Waals surface area contributed by atoms with Gasteiger partial charge in [0.15, 0.2) is 0 Å². The molecule has 7 heteroatoms. The number of hydrogen-bond donors (Lipinski definition) is 1. The first kappa shape index (κ1) is 13.6. The summed E-state index contributed by atoms with van der Waals surface area (Å²) in [6, 6.07) is 0. The second-order valence-electron chi connectivity index (χ2n) is 2.65. The lowest BCUT2D eigenvalue weighted by molar-refractivity contribution is -0.127. The Hall–Kier alpha value is -0.430. The van der Waals surface area contributed by atoms with Gasteiger partial charge in [0.2, 0.25) is 5.91 Å². The average molecular weight is 230 g/mol. The minimum atomic E-state index is -4.33. The number of hydrogen-bond acceptors (Lipinski definition) is 3. The summed E-state index contributed by atoms with van der Waals surface area (Å²) in [6.07, 6.45) is 0. The Balaban J connectivity index is 3.73. The van der Waals surface area contributed by atoms with Gasteiger partial charge in [0.05, 0.1) is 5.75 Å². The highest BCUT2D eigenvalue weighted by Gasteiger charge is 2.29. The van der Waals surface area contributed by atoms with E-state index in [1.54, 1.807) is 7.05 Å². The van der Waals surface area contributed by atoms with E-state index in [2.05, 4.69) is 5.32 Å². The highest BCUT2D eigenvalue weighted by Crippen LogP contribution is 2.29. The van der Waals surface area contributed by atoms with Crippen molar-refractivity contribution in [2.75, 3.05) is 32.9 Å². The lowest BCUT2D eigenvalue weighted by atomic mass is 10.5. The van der Waals surface area contributed by atoms with Gasteiger partial charge >= 0.3 is 5.51 Å². The smallest absolute Gasteiger partial charge is 0.344 e.